The highest BCUT2D eigenvalue weighted by molar-refractivity contribution is 7.98. The highest BCUT2D eigenvalue weighted by Gasteiger charge is 2.11. The molecular weight excluding hydrogens is 288 g/mol. The Hall–Kier alpha value is -1.83. The molecule has 3 N–H and O–H groups in total. The highest BCUT2D eigenvalue weighted by Crippen LogP contribution is 2.14. The van der Waals surface area contributed by atoms with E-state index >= 15 is 0 Å². The summed E-state index contributed by atoms with van der Waals surface area (Å²) in [6.07, 6.45) is 5.95. The number of hydrogen-bond acceptors (Lipinski definition) is 6. The van der Waals surface area contributed by atoms with Gasteiger partial charge in [0.25, 0.3) is 0 Å². The molecule has 0 aliphatic rings. The number of anilines is 1. The number of nitrogen functional groups attached to an aromatic ring is 1. The van der Waals surface area contributed by atoms with Crippen molar-refractivity contribution < 1.29 is 4.79 Å². The van der Waals surface area contributed by atoms with Crippen LogP contribution in [-0.2, 0) is 11.3 Å². The average Bonchev–Trinajstić information content (AvgIpc) is 2.88. The number of thioether (sulfide) groups is 1. The number of nitrogens with one attached hydrogen (secondary N) is 1. The Morgan fingerprint density at radius 1 is 1.48 bits per heavy atom. The molecule has 2 aromatic rings. The second kappa shape index (κ2) is 7.26. The van der Waals surface area contributed by atoms with Crippen LogP contribution in [0.15, 0.2) is 12.7 Å². The van der Waals surface area contributed by atoms with Crippen LogP contribution in [0.2, 0.25) is 0 Å². The molecule has 0 radical (unpaired) electrons. The predicted molar refractivity (Wildman–Crippen MR) is 84.9 cm³/mol. The molecule has 114 valence electrons. The second-order valence-electron chi connectivity index (χ2n) is 4.87. The molecule has 8 heteroatoms. The quantitative estimate of drug-likeness (QED) is 0.738. The lowest BCUT2D eigenvalue weighted by Crippen LogP contribution is -2.31. The molecule has 0 fully saturated rings. The summed E-state index contributed by atoms with van der Waals surface area (Å²) in [4.78, 5) is 24.1. The maximum Gasteiger partial charge on any atom is 0.223 e. The monoisotopic (exact) mass is 308 g/mol. The van der Waals surface area contributed by atoms with E-state index in [-0.39, 0.29) is 11.8 Å². The first-order chi connectivity index (χ1) is 10.1. The molecule has 7 nitrogen and oxygen atoms in total. The minimum absolute atomic E-state index is 0.0432. The summed E-state index contributed by atoms with van der Waals surface area (Å²) in [5, 5.41) is 2.95. The van der Waals surface area contributed by atoms with Crippen molar-refractivity contribution >= 4 is 34.7 Å². The van der Waals surface area contributed by atoms with Crippen molar-refractivity contribution in [3.63, 3.8) is 0 Å². The van der Waals surface area contributed by atoms with E-state index in [1.54, 1.807) is 18.1 Å². The summed E-state index contributed by atoms with van der Waals surface area (Å²) >= 11 is 1.68. The van der Waals surface area contributed by atoms with Gasteiger partial charge < -0.3 is 15.6 Å². The molecule has 1 amide bonds. The fraction of sp³-hybridized carbons (Fsp3) is 0.538. The van der Waals surface area contributed by atoms with Gasteiger partial charge in [0.05, 0.1) is 6.33 Å². The van der Waals surface area contributed by atoms with E-state index in [2.05, 4.69) is 20.3 Å². The summed E-state index contributed by atoms with van der Waals surface area (Å²) in [6.45, 7) is 3.30. The van der Waals surface area contributed by atoms with Gasteiger partial charge in [-0.05, 0) is 12.7 Å². The highest BCUT2D eigenvalue weighted by atomic mass is 32.2. The number of fused-ring (bicyclic) bond motifs is 1. The van der Waals surface area contributed by atoms with E-state index in [9.17, 15) is 4.79 Å². The predicted octanol–water partition coefficient (Wildman–Crippen LogP) is 0.914. The smallest absolute Gasteiger partial charge is 0.223 e. The van der Waals surface area contributed by atoms with Crippen LogP contribution in [0.1, 0.15) is 13.3 Å². The van der Waals surface area contributed by atoms with E-state index < -0.39 is 0 Å². The van der Waals surface area contributed by atoms with Crippen molar-refractivity contribution in [2.75, 3.05) is 24.3 Å². The van der Waals surface area contributed by atoms with Crippen LogP contribution in [0, 0.1) is 5.92 Å². The molecule has 2 aromatic heterocycles. The fourth-order valence-corrected chi connectivity index (χ4v) is 2.67. The molecule has 2 rings (SSSR count). The van der Waals surface area contributed by atoms with Crippen molar-refractivity contribution in [1.82, 2.24) is 24.8 Å². The average molecular weight is 308 g/mol. The summed E-state index contributed by atoms with van der Waals surface area (Å²) in [6, 6.07) is 0. The third-order valence-electron chi connectivity index (χ3n) is 3.17. The Kier molecular flexibility index (Phi) is 5.38. The Bertz CT molecular complexity index is 614. The van der Waals surface area contributed by atoms with Gasteiger partial charge in [-0.3, -0.25) is 4.79 Å². The lowest BCUT2D eigenvalue weighted by molar-refractivity contribution is -0.123. The fourth-order valence-electron chi connectivity index (χ4n) is 2.02. The van der Waals surface area contributed by atoms with Crippen LogP contribution >= 0.6 is 11.8 Å². The number of aromatic nitrogens is 4. The summed E-state index contributed by atoms with van der Waals surface area (Å²) in [5.41, 5.74) is 7.09. The largest absolute Gasteiger partial charge is 0.382 e. The lowest BCUT2D eigenvalue weighted by Gasteiger charge is -2.11. The van der Waals surface area contributed by atoms with Gasteiger partial charge in [-0.2, -0.15) is 11.8 Å². The molecule has 0 saturated carbocycles. The summed E-state index contributed by atoms with van der Waals surface area (Å²) < 4.78 is 1.92. The molecule has 0 spiro atoms. The molecule has 0 aliphatic carbocycles. The minimum atomic E-state index is 0.0432. The van der Waals surface area contributed by atoms with Gasteiger partial charge in [-0.25, -0.2) is 15.0 Å². The first kappa shape index (κ1) is 15.6. The lowest BCUT2D eigenvalue weighted by atomic mass is 10.2. The molecule has 0 aliphatic heterocycles. The number of amides is 1. The van der Waals surface area contributed by atoms with Gasteiger partial charge in [-0.1, -0.05) is 6.92 Å². The van der Waals surface area contributed by atoms with Crippen molar-refractivity contribution in [1.29, 1.82) is 0 Å². The van der Waals surface area contributed by atoms with Gasteiger partial charge in [0.15, 0.2) is 11.5 Å². The maximum absolute atomic E-state index is 11.8. The zero-order valence-electron chi connectivity index (χ0n) is 12.2. The number of hydrogen-bond donors (Lipinski definition) is 2. The van der Waals surface area contributed by atoms with Crippen molar-refractivity contribution in [3.05, 3.63) is 12.7 Å². The standard InChI is InChI=1S/C13H20N6OS/c1-9(6-21-2)13(20)15-4-3-5-19-8-18-10-11(14)16-7-17-12(10)19/h7-9H,3-6H2,1-2H3,(H,15,20)(H2,14,16,17). The molecule has 2 heterocycles. The SMILES string of the molecule is CSCC(C)C(=O)NCCCn1cnc2c(N)ncnc21. The number of nitrogens with zero attached hydrogens (tertiary/aromatic N) is 4. The first-order valence-electron chi connectivity index (χ1n) is 6.81. The number of imidazole rings is 1. The van der Waals surface area contributed by atoms with E-state index in [0.717, 1.165) is 24.4 Å². The van der Waals surface area contributed by atoms with Gasteiger partial charge >= 0.3 is 0 Å². The van der Waals surface area contributed by atoms with Gasteiger partial charge in [0.2, 0.25) is 5.91 Å². The third kappa shape index (κ3) is 3.84. The number of aryl methyl sites for hydroxylation is 1. The molecular formula is C13H20N6OS. The van der Waals surface area contributed by atoms with Gasteiger partial charge in [0, 0.05) is 24.8 Å². The topological polar surface area (TPSA) is 98.7 Å². The maximum atomic E-state index is 11.8. The summed E-state index contributed by atoms with van der Waals surface area (Å²) in [7, 11) is 0. The third-order valence-corrected chi connectivity index (χ3v) is 4.00. The van der Waals surface area contributed by atoms with E-state index in [1.165, 1.54) is 6.33 Å². The van der Waals surface area contributed by atoms with Crippen LogP contribution in [0.3, 0.4) is 0 Å². The molecule has 21 heavy (non-hydrogen) atoms. The normalized spacial score (nSPS) is 12.5. The number of nitrogens with two attached hydrogens (primary N) is 1. The van der Waals surface area contributed by atoms with Gasteiger partial charge in [-0.15, -0.1) is 0 Å². The Morgan fingerprint density at radius 2 is 2.29 bits per heavy atom. The van der Waals surface area contributed by atoms with Crippen molar-refractivity contribution in [2.24, 2.45) is 5.92 Å². The zero-order valence-corrected chi connectivity index (χ0v) is 13.1. The van der Waals surface area contributed by atoms with Gasteiger partial charge in [0.1, 0.15) is 11.8 Å². The Labute approximate surface area is 127 Å². The minimum Gasteiger partial charge on any atom is -0.382 e. The molecule has 0 saturated heterocycles. The molecule has 0 bridgehead atoms. The molecule has 0 aromatic carbocycles. The Balaban J connectivity index is 1.83. The molecule has 1 atom stereocenters. The van der Waals surface area contributed by atoms with E-state index in [0.29, 0.717) is 17.9 Å². The number of carbonyl (C=O) groups is 1. The summed E-state index contributed by atoms with van der Waals surface area (Å²) in [5.74, 6) is 1.37. The number of rotatable bonds is 7. The van der Waals surface area contributed by atoms with Crippen LogP contribution < -0.4 is 11.1 Å². The van der Waals surface area contributed by atoms with Crippen LogP contribution in [0.5, 0.6) is 0 Å². The van der Waals surface area contributed by atoms with Crippen molar-refractivity contribution in [2.45, 2.75) is 19.9 Å². The van der Waals surface area contributed by atoms with Crippen LogP contribution in [0.25, 0.3) is 11.2 Å². The molecule has 1 unspecified atom stereocenters. The van der Waals surface area contributed by atoms with Crippen molar-refractivity contribution in [3.8, 4) is 0 Å². The number of carbonyl (C=O) groups excluding carboxylic acids is 1. The second-order valence-corrected chi connectivity index (χ2v) is 5.78. The first-order valence-corrected chi connectivity index (χ1v) is 8.20. The van der Waals surface area contributed by atoms with E-state index in [1.807, 2.05) is 17.7 Å². The van der Waals surface area contributed by atoms with E-state index in [4.69, 9.17) is 5.73 Å². The Morgan fingerprint density at radius 3 is 3.05 bits per heavy atom. The van der Waals surface area contributed by atoms with Crippen LogP contribution in [-0.4, -0.2) is 44.0 Å². The zero-order chi connectivity index (χ0) is 15.2. The van der Waals surface area contributed by atoms with Crippen LogP contribution in [0.4, 0.5) is 5.82 Å².